The zero-order valence-corrected chi connectivity index (χ0v) is 48.6. The molecule has 0 aromatic heterocycles. The number of fused-ring (bicyclic) bond motifs is 6. The second-order valence-electron chi connectivity index (χ2n) is 20.7. The van der Waals surface area contributed by atoms with Crippen molar-refractivity contribution >= 4 is 78.5 Å². The number of nitrogens with two attached hydrogens (primary N) is 4. The quantitative estimate of drug-likeness (QED) is 0.0213. The minimum absolute atomic E-state index is 0.0422. The lowest BCUT2D eigenvalue weighted by atomic mass is 9.97. The highest BCUT2D eigenvalue weighted by Crippen LogP contribution is 2.28. The summed E-state index contributed by atoms with van der Waals surface area (Å²) in [5.41, 5.74) is 24.5. The van der Waals surface area contributed by atoms with Crippen LogP contribution >= 0.6 is 0 Å². The van der Waals surface area contributed by atoms with Gasteiger partial charge in [0.25, 0.3) is 5.91 Å². The summed E-state index contributed by atoms with van der Waals surface area (Å²) in [6.07, 6.45) is 38.9. The van der Waals surface area contributed by atoms with Gasteiger partial charge in [-0.25, -0.2) is 0 Å². The Balaban J connectivity index is 0.000000330. The average molecular weight is 1120 g/mol. The number of primary amides is 4. The third-order valence-corrected chi connectivity index (χ3v) is 12.9. The van der Waals surface area contributed by atoms with E-state index in [1.807, 2.05) is 56.4 Å². The first-order chi connectivity index (χ1) is 40.5. The lowest BCUT2D eigenvalue weighted by molar-refractivity contribution is -0.127. The molecule has 0 spiro atoms. The number of nitrogens with zero attached hydrogens (tertiary/aromatic N) is 2. The number of rotatable bonds is 28. The molecule has 0 saturated carbocycles. The van der Waals surface area contributed by atoms with Gasteiger partial charge in [-0.05, 0) is 97.3 Å². The minimum Gasteiger partial charge on any atom is -0.366 e. The van der Waals surface area contributed by atoms with Gasteiger partial charge in [0.15, 0.2) is 0 Å². The molecule has 0 aliphatic rings. The standard InChI is InChI=1S/C42H46N4O4.C30H32N2O2/c1-31(2)30-46(28-13-5-10-23-41(45)49)42(50)38(20-7-4-9-22-40(44)48)33(16-6-3-8-21-39(43)47)18-14-15-32-24-27-37-35(29-32)26-25-34-17-11-12-19-36(34)37;1-23(2)22-32(20-10-4-6-14-29(31)33)30(34)15-7-3-5-11-24-16-19-28-26(21-24)18-17-25-12-8-9-13-27(25)28/h3-14,17-19,21-27,29,31H,15-16,20,28,30H2,1-2H3,(H2,43,47)(H2,44,48)(H2,45,49);3-10,12-19,21,23H,11,20,22H2,1-2H3,(H2,31,33)/b6-3+,7-4+,13-5+,18-14?,21-8+,22-9+,23-10+,38-33?;5-3?,10-4+,14-6+,15-7?. The third-order valence-electron chi connectivity index (χ3n) is 12.9. The van der Waals surface area contributed by atoms with Crippen molar-refractivity contribution < 1.29 is 28.8 Å². The fourth-order valence-electron chi connectivity index (χ4n) is 9.13. The molecule has 0 aliphatic heterocycles. The van der Waals surface area contributed by atoms with Crippen molar-refractivity contribution in [1.82, 2.24) is 9.80 Å². The van der Waals surface area contributed by atoms with Gasteiger partial charge < -0.3 is 32.7 Å². The first-order valence-electron chi connectivity index (χ1n) is 28.1. The number of hydrogen-bond donors (Lipinski definition) is 4. The summed E-state index contributed by atoms with van der Waals surface area (Å²) in [6.45, 7) is 10.2. The Hall–Kier alpha value is -9.94. The topological polar surface area (TPSA) is 213 Å². The molecule has 0 heterocycles. The Bertz CT molecular complexity index is 3660. The van der Waals surface area contributed by atoms with Crippen LogP contribution in [0.1, 0.15) is 51.7 Å². The molecule has 432 valence electrons. The van der Waals surface area contributed by atoms with Crippen LogP contribution in [0.15, 0.2) is 254 Å². The van der Waals surface area contributed by atoms with Crippen molar-refractivity contribution in [2.45, 2.75) is 53.4 Å². The molecule has 0 fully saturated rings. The summed E-state index contributed by atoms with van der Waals surface area (Å²) in [6, 6.07) is 38.4. The molecule has 0 saturated heterocycles. The number of amides is 6. The van der Waals surface area contributed by atoms with Gasteiger partial charge in [0.2, 0.25) is 29.5 Å². The molecule has 6 amide bonds. The van der Waals surface area contributed by atoms with E-state index in [4.69, 9.17) is 22.9 Å². The van der Waals surface area contributed by atoms with Gasteiger partial charge in [0.05, 0.1) is 0 Å². The monoisotopic (exact) mass is 1120 g/mol. The van der Waals surface area contributed by atoms with Crippen molar-refractivity contribution in [2.24, 2.45) is 34.8 Å². The molecule has 6 aromatic rings. The van der Waals surface area contributed by atoms with Gasteiger partial charge in [0.1, 0.15) is 0 Å². The van der Waals surface area contributed by atoms with E-state index in [2.05, 4.69) is 123 Å². The van der Waals surface area contributed by atoms with E-state index in [-0.39, 0.29) is 24.2 Å². The molecule has 0 radical (unpaired) electrons. The number of hydrogen-bond acceptors (Lipinski definition) is 6. The molecular formula is C72H78N6O6. The van der Waals surface area contributed by atoms with Crippen LogP contribution in [0, 0.1) is 11.8 Å². The van der Waals surface area contributed by atoms with E-state index in [1.54, 1.807) is 70.6 Å². The van der Waals surface area contributed by atoms with Gasteiger partial charge in [-0.15, -0.1) is 0 Å². The van der Waals surface area contributed by atoms with Gasteiger partial charge in [-0.3, -0.25) is 28.8 Å². The molecule has 12 nitrogen and oxygen atoms in total. The van der Waals surface area contributed by atoms with Gasteiger partial charge in [-0.2, -0.15) is 0 Å². The Labute approximate surface area is 494 Å². The van der Waals surface area contributed by atoms with Gasteiger partial charge >= 0.3 is 0 Å². The highest BCUT2D eigenvalue weighted by atomic mass is 16.2. The summed E-state index contributed by atoms with van der Waals surface area (Å²) >= 11 is 0. The van der Waals surface area contributed by atoms with E-state index in [0.29, 0.717) is 50.5 Å². The molecular weight excluding hydrogens is 1040 g/mol. The maximum atomic E-state index is 14.3. The zero-order valence-electron chi connectivity index (χ0n) is 48.6. The van der Waals surface area contributed by atoms with Gasteiger partial charge in [-0.1, -0.05) is 240 Å². The maximum Gasteiger partial charge on any atom is 0.250 e. The highest BCUT2D eigenvalue weighted by Gasteiger charge is 2.20. The van der Waals surface area contributed by atoms with Crippen molar-refractivity contribution in [3.8, 4) is 0 Å². The van der Waals surface area contributed by atoms with Crippen LogP contribution in [-0.4, -0.2) is 71.4 Å². The summed E-state index contributed by atoms with van der Waals surface area (Å²) in [5.74, 6) is -1.82. The SMILES string of the molecule is CC(C)CN(C/C=C/C=C/C(N)=O)C(=O)C(C/C=C/C=C/C(N)=O)=C(C=CCc1ccc2c(ccc3ccccc32)c1)C/C=C/C=C/C(N)=O.CC(C)CN(C/C=C/C=C/C(N)=O)C(=O)C=CC=CCc1ccc2c(ccc3ccccc32)c1. The van der Waals surface area contributed by atoms with E-state index in [9.17, 15) is 28.8 Å². The number of benzene rings is 6. The Morgan fingerprint density at radius 2 is 0.786 bits per heavy atom. The van der Waals surface area contributed by atoms with Crippen LogP contribution in [0.5, 0.6) is 0 Å². The minimum atomic E-state index is -0.568. The summed E-state index contributed by atoms with van der Waals surface area (Å²) in [7, 11) is 0. The summed E-state index contributed by atoms with van der Waals surface area (Å²) in [4.78, 5) is 74.7. The number of carbonyl (C=O) groups excluding carboxylic acids is 6. The predicted molar refractivity (Wildman–Crippen MR) is 347 cm³/mol. The van der Waals surface area contributed by atoms with Crippen LogP contribution in [0.2, 0.25) is 0 Å². The second-order valence-corrected chi connectivity index (χ2v) is 20.7. The molecule has 84 heavy (non-hydrogen) atoms. The van der Waals surface area contributed by atoms with Crippen LogP contribution in [0.25, 0.3) is 43.1 Å². The lowest BCUT2D eigenvalue weighted by Gasteiger charge is -2.25. The zero-order chi connectivity index (χ0) is 60.6. The van der Waals surface area contributed by atoms with Crippen LogP contribution in [-0.2, 0) is 41.6 Å². The highest BCUT2D eigenvalue weighted by molar-refractivity contribution is 6.08. The van der Waals surface area contributed by atoms with Crippen LogP contribution < -0.4 is 22.9 Å². The molecule has 0 atom stereocenters. The molecule has 6 rings (SSSR count). The lowest BCUT2D eigenvalue weighted by Crippen LogP contribution is -2.35. The maximum absolute atomic E-state index is 14.3. The van der Waals surface area contributed by atoms with E-state index >= 15 is 0 Å². The first kappa shape index (κ1) is 64.9. The Morgan fingerprint density at radius 3 is 1.27 bits per heavy atom. The third kappa shape index (κ3) is 22.9. The molecule has 0 bridgehead atoms. The normalized spacial score (nSPS) is 12.8. The van der Waals surface area contributed by atoms with E-state index in [0.717, 1.165) is 22.9 Å². The van der Waals surface area contributed by atoms with Crippen molar-refractivity contribution in [3.63, 3.8) is 0 Å². The molecule has 8 N–H and O–H groups in total. The molecule has 0 unspecified atom stereocenters. The Morgan fingerprint density at radius 1 is 0.393 bits per heavy atom. The largest absolute Gasteiger partial charge is 0.366 e. The number of allylic oxidation sites excluding steroid dienone is 16. The molecule has 6 aromatic carbocycles. The van der Waals surface area contributed by atoms with Crippen molar-refractivity contribution in [1.29, 1.82) is 0 Å². The molecule has 0 aliphatic carbocycles. The summed E-state index contributed by atoms with van der Waals surface area (Å²) < 4.78 is 0. The Kier molecular flexibility index (Phi) is 27.1. The molecule has 12 heteroatoms. The predicted octanol–water partition coefficient (Wildman–Crippen LogP) is 12.2. The van der Waals surface area contributed by atoms with Crippen LogP contribution in [0.3, 0.4) is 0 Å². The number of carbonyl (C=O) groups is 6. The average Bonchev–Trinajstić information content (AvgIpc) is 3.66. The van der Waals surface area contributed by atoms with Gasteiger partial charge in [0, 0.05) is 62.1 Å². The summed E-state index contributed by atoms with van der Waals surface area (Å²) in [5, 5.41) is 9.78. The smallest absolute Gasteiger partial charge is 0.250 e. The van der Waals surface area contributed by atoms with E-state index in [1.165, 1.54) is 73.6 Å². The second kappa shape index (κ2) is 35.0. The first-order valence-corrected chi connectivity index (χ1v) is 28.1. The fraction of sp³-hybridized carbons (Fsp3) is 0.194. The van der Waals surface area contributed by atoms with Crippen LogP contribution in [0.4, 0.5) is 0 Å². The van der Waals surface area contributed by atoms with E-state index < -0.39 is 23.6 Å². The fourth-order valence-corrected chi connectivity index (χ4v) is 9.13. The van der Waals surface area contributed by atoms with Crippen molar-refractivity contribution in [3.05, 3.63) is 265 Å². The van der Waals surface area contributed by atoms with Crippen molar-refractivity contribution in [2.75, 3.05) is 26.2 Å².